The van der Waals surface area contributed by atoms with Gasteiger partial charge >= 0.3 is 22.1 Å². The maximum absolute atomic E-state index is 12.3. The zero-order chi connectivity index (χ0) is 23.9. The molecular formula is C20H39NO9S. The normalized spacial score (nSPS) is 14.3. The summed E-state index contributed by atoms with van der Waals surface area (Å²) in [5, 5.41) is 15.6. The van der Waals surface area contributed by atoms with Gasteiger partial charge in [-0.3, -0.25) is 14.1 Å². The topological polar surface area (TPSA) is 173 Å². The van der Waals surface area contributed by atoms with Gasteiger partial charge < -0.3 is 25.4 Å². The summed E-state index contributed by atoms with van der Waals surface area (Å²) in [4.78, 5) is 21.9. The van der Waals surface area contributed by atoms with Crippen molar-refractivity contribution in [1.29, 1.82) is 0 Å². The average molecular weight is 470 g/mol. The van der Waals surface area contributed by atoms with Gasteiger partial charge in [0.2, 0.25) is 0 Å². The second-order valence-corrected chi connectivity index (χ2v) is 9.38. The molecule has 0 heterocycles. The fraction of sp³-hybridized carbons (Fsp3) is 0.900. The summed E-state index contributed by atoms with van der Waals surface area (Å²) in [7, 11) is -4.80. The lowest BCUT2D eigenvalue weighted by atomic mass is 9.90. The summed E-state index contributed by atoms with van der Waals surface area (Å²) < 4.78 is 45.9. The van der Waals surface area contributed by atoms with Crippen LogP contribution in [0.1, 0.15) is 84.5 Å². The molecule has 0 fully saturated rings. The molecule has 0 saturated heterocycles. The van der Waals surface area contributed by atoms with E-state index >= 15 is 0 Å². The summed E-state index contributed by atoms with van der Waals surface area (Å²) >= 11 is 0. The minimum Gasteiger partial charge on any atom is -0.481 e. The Balaban J connectivity index is 5.55. The maximum Gasteiger partial charge on any atom is 0.322 e. The van der Waals surface area contributed by atoms with Crippen LogP contribution < -0.4 is 5.73 Å². The monoisotopic (exact) mass is 469 g/mol. The third-order valence-corrected chi connectivity index (χ3v) is 6.17. The van der Waals surface area contributed by atoms with E-state index in [4.69, 9.17) is 20.3 Å². The first-order valence-electron chi connectivity index (χ1n) is 10.9. The number of hydrogen-bond donors (Lipinski definition) is 4. The van der Waals surface area contributed by atoms with Gasteiger partial charge in [0.25, 0.3) is 5.12 Å². The van der Waals surface area contributed by atoms with Crippen molar-refractivity contribution < 1.29 is 42.2 Å². The van der Waals surface area contributed by atoms with Gasteiger partial charge in [-0.2, -0.15) is 8.42 Å². The van der Waals surface area contributed by atoms with E-state index in [0.29, 0.717) is 38.5 Å². The van der Waals surface area contributed by atoms with E-state index in [2.05, 4.69) is 0 Å². The lowest BCUT2D eigenvalue weighted by Gasteiger charge is -2.34. The molecule has 0 rings (SSSR count). The molecule has 10 nitrogen and oxygen atoms in total. The number of nitrogens with two attached hydrogens (primary N) is 1. The van der Waals surface area contributed by atoms with Crippen molar-refractivity contribution in [3.05, 3.63) is 0 Å². The van der Waals surface area contributed by atoms with Gasteiger partial charge in [0.15, 0.2) is 0 Å². The van der Waals surface area contributed by atoms with Crippen LogP contribution in [0.25, 0.3) is 0 Å². The van der Waals surface area contributed by atoms with E-state index in [1.54, 1.807) is 0 Å². The third kappa shape index (κ3) is 12.4. The van der Waals surface area contributed by atoms with Crippen LogP contribution in [0.5, 0.6) is 0 Å². The Labute approximate surface area is 185 Å². The second kappa shape index (κ2) is 15.5. The van der Waals surface area contributed by atoms with Crippen molar-refractivity contribution in [2.45, 2.75) is 95.6 Å². The molecule has 184 valence electrons. The predicted molar refractivity (Wildman–Crippen MR) is 115 cm³/mol. The largest absolute Gasteiger partial charge is 0.481 e. The molecule has 0 aromatic rings. The molecule has 31 heavy (non-hydrogen) atoms. The summed E-state index contributed by atoms with van der Waals surface area (Å²) in [5.41, 5.74) is 5.69. The van der Waals surface area contributed by atoms with E-state index in [1.165, 1.54) is 0 Å². The molecule has 0 aliphatic carbocycles. The van der Waals surface area contributed by atoms with Gasteiger partial charge in [0.05, 0.1) is 13.2 Å². The smallest absolute Gasteiger partial charge is 0.322 e. The molecular weight excluding hydrogens is 430 g/mol. The number of unbranched alkanes of at least 4 members (excludes halogenated alkanes) is 4. The highest BCUT2D eigenvalue weighted by molar-refractivity contribution is 7.86. The first-order chi connectivity index (χ1) is 14.5. The van der Waals surface area contributed by atoms with Crippen molar-refractivity contribution >= 4 is 22.1 Å². The molecule has 0 aromatic carbocycles. The van der Waals surface area contributed by atoms with Crippen LogP contribution in [-0.4, -0.2) is 59.5 Å². The Bertz CT molecular complexity index is 614. The zero-order valence-electron chi connectivity index (χ0n) is 18.6. The van der Waals surface area contributed by atoms with Gasteiger partial charge in [-0.1, -0.05) is 46.0 Å². The minimum absolute atomic E-state index is 0.0223. The molecule has 2 unspecified atom stereocenters. The number of carboxylic acid groups (broad SMARTS) is 2. The molecule has 0 amide bonds. The number of aliphatic carboxylic acids is 2. The first-order valence-corrected chi connectivity index (χ1v) is 12.4. The van der Waals surface area contributed by atoms with Crippen LogP contribution in [0, 0.1) is 5.92 Å². The standard InChI is InChI=1S/C20H39NO9S/c1-3-5-12-29-20(31(26,27)28,30-13-6-4-2)15-16(14-17(21)19(24)25)10-8-7-9-11-18(22)23/h16-17H,3-15,21H2,1-2H3,(H,22,23)(H,24,25)(H,26,27,28). The molecule has 0 aliphatic rings. The molecule has 5 N–H and O–H groups in total. The number of rotatable bonds is 20. The maximum atomic E-state index is 12.3. The molecule has 0 spiro atoms. The molecule has 0 radical (unpaired) electrons. The van der Waals surface area contributed by atoms with Gasteiger partial charge in [0, 0.05) is 12.8 Å². The molecule has 11 heteroatoms. The van der Waals surface area contributed by atoms with Crippen LogP contribution >= 0.6 is 0 Å². The predicted octanol–water partition coefficient (Wildman–Crippen LogP) is 3.00. The van der Waals surface area contributed by atoms with Gasteiger partial charge in [-0.05, 0) is 31.6 Å². The second-order valence-electron chi connectivity index (χ2n) is 7.81. The average Bonchev–Trinajstić information content (AvgIpc) is 2.66. The van der Waals surface area contributed by atoms with E-state index in [0.717, 1.165) is 12.8 Å². The SMILES string of the molecule is CCCCOC(CC(CCCCCC(=O)O)CC(N)C(=O)O)(OCCCC)S(=O)(=O)O. The van der Waals surface area contributed by atoms with Crippen molar-refractivity contribution in [3.8, 4) is 0 Å². The third-order valence-electron chi connectivity index (χ3n) is 4.98. The van der Waals surface area contributed by atoms with Gasteiger partial charge in [-0.15, -0.1) is 0 Å². The molecule has 0 aromatic heterocycles. The first kappa shape index (κ1) is 29.7. The lowest BCUT2D eigenvalue weighted by molar-refractivity contribution is -0.193. The van der Waals surface area contributed by atoms with Crippen molar-refractivity contribution in [2.75, 3.05) is 13.2 Å². The van der Waals surface area contributed by atoms with Crippen molar-refractivity contribution in [2.24, 2.45) is 11.7 Å². The van der Waals surface area contributed by atoms with Crippen LogP contribution in [0.4, 0.5) is 0 Å². The van der Waals surface area contributed by atoms with Crippen LogP contribution in [0.15, 0.2) is 0 Å². The number of ether oxygens (including phenoxy) is 2. The van der Waals surface area contributed by atoms with Crippen molar-refractivity contribution in [1.82, 2.24) is 0 Å². The van der Waals surface area contributed by atoms with Crippen LogP contribution in [-0.2, 0) is 29.2 Å². The number of carbonyl (C=O) groups is 2. The molecule has 2 atom stereocenters. The highest BCUT2D eigenvalue weighted by Gasteiger charge is 2.47. The molecule has 0 saturated carbocycles. The Morgan fingerprint density at radius 3 is 1.94 bits per heavy atom. The van der Waals surface area contributed by atoms with E-state index in [1.807, 2.05) is 13.8 Å². The Morgan fingerprint density at radius 2 is 1.52 bits per heavy atom. The number of hydrogen-bond acceptors (Lipinski definition) is 7. The van der Waals surface area contributed by atoms with Crippen LogP contribution in [0.2, 0.25) is 0 Å². The van der Waals surface area contributed by atoms with E-state index in [9.17, 15) is 27.7 Å². The van der Waals surface area contributed by atoms with E-state index < -0.39 is 39.1 Å². The highest BCUT2D eigenvalue weighted by Crippen LogP contribution is 2.34. The molecule has 0 bridgehead atoms. The highest BCUT2D eigenvalue weighted by atomic mass is 32.2. The van der Waals surface area contributed by atoms with Gasteiger partial charge in [0.1, 0.15) is 6.04 Å². The lowest BCUT2D eigenvalue weighted by Crippen LogP contribution is -2.47. The van der Waals surface area contributed by atoms with E-state index in [-0.39, 0.29) is 32.5 Å². The zero-order valence-corrected chi connectivity index (χ0v) is 19.4. The Morgan fingerprint density at radius 1 is 0.968 bits per heavy atom. The number of carboxylic acids is 2. The summed E-state index contributed by atoms with van der Waals surface area (Å²) in [6.07, 6.45) is 4.32. The summed E-state index contributed by atoms with van der Waals surface area (Å²) in [6.45, 7) is 3.92. The fourth-order valence-electron chi connectivity index (χ4n) is 3.16. The summed E-state index contributed by atoms with van der Waals surface area (Å²) in [5.74, 6) is -2.64. The Kier molecular flexibility index (Phi) is 14.9. The fourth-order valence-corrected chi connectivity index (χ4v) is 4.07. The summed E-state index contributed by atoms with van der Waals surface area (Å²) in [6, 6.07) is -1.21. The van der Waals surface area contributed by atoms with Crippen LogP contribution in [0.3, 0.4) is 0 Å². The van der Waals surface area contributed by atoms with Crippen molar-refractivity contribution in [3.63, 3.8) is 0 Å². The quantitative estimate of drug-likeness (QED) is 0.118. The Hall–Kier alpha value is -1.27. The minimum atomic E-state index is -4.80. The van der Waals surface area contributed by atoms with Gasteiger partial charge in [-0.25, -0.2) is 0 Å². The molecule has 0 aliphatic heterocycles.